The number of aryl methyl sites for hydroxylation is 2. The van der Waals surface area contributed by atoms with Gasteiger partial charge in [0.05, 0.1) is 24.2 Å². The molecule has 4 rings (SSSR count). The molecule has 0 bridgehead atoms. The topological polar surface area (TPSA) is 54.3 Å². The zero-order valence-electron chi connectivity index (χ0n) is 16.4. The summed E-state index contributed by atoms with van der Waals surface area (Å²) >= 11 is 0. The lowest BCUT2D eigenvalue weighted by Gasteiger charge is -2.16. The molecule has 1 aromatic heterocycles. The number of aromatic nitrogens is 1. The molecule has 0 unspecified atom stereocenters. The summed E-state index contributed by atoms with van der Waals surface area (Å²) in [5.74, 6) is 0. The molecule has 0 atom stereocenters. The molecule has 30 heavy (non-hydrogen) atoms. The second-order valence-corrected chi connectivity index (χ2v) is 7.69. The maximum absolute atomic E-state index is 13.2. The van der Waals surface area contributed by atoms with Crippen LogP contribution in [0.1, 0.15) is 34.2 Å². The van der Waals surface area contributed by atoms with Gasteiger partial charge in [-0.3, -0.25) is 4.79 Å². The smallest absolute Gasteiger partial charge is 0.395 e. The average Bonchev–Trinajstić information content (AvgIpc) is 3.16. The molecule has 2 aromatic carbocycles. The van der Waals surface area contributed by atoms with Crippen molar-refractivity contribution in [2.24, 2.45) is 0 Å². The summed E-state index contributed by atoms with van der Waals surface area (Å²) in [5, 5.41) is 12.9. The Morgan fingerprint density at radius 2 is 1.83 bits per heavy atom. The Kier molecular flexibility index (Phi) is 5.66. The molecule has 1 heterocycles. The van der Waals surface area contributed by atoms with Gasteiger partial charge in [0, 0.05) is 18.7 Å². The Labute approximate surface area is 172 Å². The van der Waals surface area contributed by atoms with E-state index in [9.17, 15) is 18.0 Å². The molecule has 7 heteroatoms. The molecule has 2 N–H and O–H groups in total. The maximum atomic E-state index is 13.2. The highest BCUT2D eigenvalue weighted by Crippen LogP contribution is 2.30. The fraction of sp³-hybridized carbons (Fsp3) is 0.348. The van der Waals surface area contributed by atoms with Gasteiger partial charge < -0.3 is 15.0 Å². The minimum Gasteiger partial charge on any atom is -0.395 e. The Morgan fingerprint density at radius 1 is 1.07 bits per heavy atom. The highest BCUT2D eigenvalue weighted by Gasteiger charge is 2.30. The van der Waals surface area contributed by atoms with Gasteiger partial charge in [0.25, 0.3) is 5.56 Å². The molecule has 0 saturated carbocycles. The number of fused-ring (bicyclic) bond motifs is 2. The first-order valence-electron chi connectivity index (χ1n) is 10.0. The molecule has 0 fully saturated rings. The molecule has 0 aliphatic heterocycles. The van der Waals surface area contributed by atoms with E-state index in [1.807, 2.05) is 12.1 Å². The van der Waals surface area contributed by atoms with Crippen LogP contribution in [0.3, 0.4) is 0 Å². The molecule has 0 radical (unpaired) electrons. The highest BCUT2D eigenvalue weighted by atomic mass is 19.4. The summed E-state index contributed by atoms with van der Waals surface area (Å²) in [6.45, 7) is 0.662. The van der Waals surface area contributed by atoms with Gasteiger partial charge >= 0.3 is 6.18 Å². The molecule has 0 amide bonds. The molecule has 0 spiro atoms. The third-order valence-electron chi connectivity index (χ3n) is 5.58. The number of aliphatic hydroxyl groups excluding tert-OH is 1. The van der Waals surface area contributed by atoms with Crippen molar-refractivity contribution in [3.8, 4) is 0 Å². The summed E-state index contributed by atoms with van der Waals surface area (Å²) in [7, 11) is 0. The van der Waals surface area contributed by atoms with Crippen LogP contribution in [0.2, 0.25) is 0 Å². The number of nitrogens with zero attached hydrogens (tertiary/aromatic N) is 1. The summed E-state index contributed by atoms with van der Waals surface area (Å²) in [6, 6.07) is 11.1. The number of alkyl halides is 3. The van der Waals surface area contributed by atoms with Crippen molar-refractivity contribution in [1.29, 1.82) is 0 Å². The first-order chi connectivity index (χ1) is 14.4. The van der Waals surface area contributed by atoms with Crippen LogP contribution in [0.15, 0.2) is 47.3 Å². The van der Waals surface area contributed by atoms with Gasteiger partial charge in [-0.15, -0.1) is 0 Å². The number of hydrogen-bond acceptors (Lipinski definition) is 3. The van der Waals surface area contributed by atoms with Crippen molar-refractivity contribution in [1.82, 2.24) is 9.88 Å². The second kappa shape index (κ2) is 8.24. The van der Waals surface area contributed by atoms with Crippen LogP contribution >= 0.6 is 0 Å². The van der Waals surface area contributed by atoms with E-state index >= 15 is 0 Å². The van der Waals surface area contributed by atoms with Crippen molar-refractivity contribution in [3.05, 3.63) is 80.6 Å². The molecule has 158 valence electrons. The standard InChI is InChI=1S/C23H23F3N2O2/c24-23(25,26)20-6-1-3-15(9-20)14-28-21-12-17-5-2-4-16(17)10-18(21)11-19(22(28)30)13-27-7-8-29/h1,3,6,9-12,27,29H,2,4-5,7-8,13-14H2. The van der Waals surface area contributed by atoms with E-state index < -0.39 is 11.7 Å². The Morgan fingerprint density at radius 3 is 2.57 bits per heavy atom. The number of rotatable bonds is 6. The van der Waals surface area contributed by atoms with Gasteiger partial charge in [0.2, 0.25) is 0 Å². The zero-order valence-corrected chi connectivity index (χ0v) is 16.4. The summed E-state index contributed by atoms with van der Waals surface area (Å²) < 4.78 is 41.0. The number of pyridine rings is 1. The van der Waals surface area contributed by atoms with E-state index in [-0.39, 0.29) is 25.3 Å². The second-order valence-electron chi connectivity index (χ2n) is 7.69. The predicted molar refractivity (Wildman–Crippen MR) is 110 cm³/mol. The van der Waals surface area contributed by atoms with Crippen molar-refractivity contribution in [2.45, 2.75) is 38.5 Å². The van der Waals surface area contributed by atoms with E-state index in [2.05, 4.69) is 11.4 Å². The molecule has 4 nitrogen and oxygen atoms in total. The van der Waals surface area contributed by atoms with E-state index in [4.69, 9.17) is 5.11 Å². The van der Waals surface area contributed by atoms with Gasteiger partial charge in [-0.05, 0) is 71.7 Å². The van der Waals surface area contributed by atoms with E-state index in [1.54, 1.807) is 10.6 Å². The lowest BCUT2D eigenvalue weighted by atomic mass is 10.0. The monoisotopic (exact) mass is 416 g/mol. The quantitative estimate of drug-likeness (QED) is 0.604. The molecular weight excluding hydrogens is 393 g/mol. The van der Waals surface area contributed by atoms with Crippen LogP contribution in [0, 0.1) is 0 Å². The lowest BCUT2D eigenvalue weighted by molar-refractivity contribution is -0.137. The predicted octanol–water partition coefficient (Wildman–Crippen LogP) is 3.64. The number of hydrogen-bond donors (Lipinski definition) is 2. The van der Waals surface area contributed by atoms with Gasteiger partial charge in [-0.25, -0.2) is 0 Å². The van der Waals surface area contributed by atoms with Crippen LogP contribution in [-0.4, -0.2) is 22.8 Å². The number of nitrogens with one attached hydrogen (secondary N) is 1. The summed E-state index contributed by atoms with van der Waals surface area (Å²) in [6.07, 6.45) is -1.42. The lowest BCUT2D eigenvalue weighted by Crippen LogP contribution is -2.29. The van der Waals surface area contributed by atoms with Crippen LogP contribution in [0.5, 0.6) is 0 Å². The van der Waals surface area contributed by atoms with Crippen molar-refractivity contribution in [3.63, 3.8) is 0 Å². The fourth-order valence-electron chi connectivity index (χ4n) is 4.13. The van der Waals surface area contributed by atoms with Crippen LogP contribution in [0.25, 0.3) is 10.9 Å². The van der Waals surface area contributed by atoms with Gasteiger partial charge in [0.1, 0.15) is 0 Å². The normalized spacial score (nSPS) is 13.7. The number of aliphatic hydroxyl groups is 1. The number of benzene rings is 2. The molecule has 3 aromatic rings. The Bertz CT molecular complexity index is 1140. The minimum absolute atomic E-state index is 0.0421. The first kappa shape index (κ1) is 20.6. The Balaban J connectivity index is 1.82. The van der Waals surface area contributed by atoms with Gasteiger partial charge in [-0.2, -0.15) is 13.2 Å². The van der Waals surface area contributed by atoms with E-state index in [0.29, 0.717) is 17.7 Å². The molecule has 0 saturated heterocycles. The molecular formula is C23H23F3N2O2. The maximum Gasteiger partial charge on any atom is 0.416 e. The average molecular weight is 416 g/mol. The van der Waals surface area contributed by atoms with Crippen molar-refractivity contribution in [2.75, 3.05) is 13.2 Å². The first-order valence-corrected chi connectivity index (χ1v) is 10.0. The number of halogens is 3. The fourth-order valence-corrected chi connectivity index (χ4v) is 4.13. The third kappa shape index (κ3) is 4.13. The SMILES string of the molecule is O=c1c(CNCCO)cc2cc3c(cc2n1Cc1cccc(C(F)(F)F)c1)CCC3. The van der Waals surface area contributed by atoms with Crippen LogP contribution in [-0.2, 0) is 32.1 Å². The molecule has 1 aliphatic carbocycles. The van der Waals surface area contributed by atoms with Crippen molar-refractivity contribution >= 4 is 10.9 Å². The van der Waals surface area contributed by atoms with Gasteiger partial charge in [0.15, 0.2) is 0 Å². The van der Waals surface area contributed by atoms with E-state index in [0.717, 1.165) is 42.3 Å². The zero-order chi connectivity index (χ0) is 21.3. The highest BCUT2D eigenvalue weighted by molar-refractivity contribution is 5.82. The van der Waals surface area contributed by atoms with Crippen LogP contribution < -0.4 is 10.9 Å². The van der Waals surface area contributed by atoms with Crippen molar-refractivity contribution < 1.29 is 18.3 Å². The Hall–Kier alpha value is -2.64. The minimum atomic E-state index is -4.43. The summed E-state index contributed by atoms with van der Waals surface area (Å²) in [4.78, 5) is 13.2. The third-order valence-corrected chi connectivity index (χ3v) is 5.58. The molecule has 1 aliphatic rings. The van der Waals surface area contributed by atoms with E-state index in [1.165, 1.54) is 17.2 Å². The largest absolute Gasteiger partial charge is 0.416 e. The summed E-state index contributed by atoms with van der Waals surface area (Å²) in [5.41, 5.74) is 3.20. The van der Waals surface area contributed by atoms with Crippen LogP contribution in [0.4, 0.5) is 13.2 Å². The van der Waals surface area contributed by atoms with Gasteiger partial charge in [-0.1, -0.05) is 12.1 Å².